The van der Waals surface area contributed by atoms with Crippen LogP contribution in [-0.4, -0.2) is 27.9 Å². The van der Waals surface area contributed by atoms with Crippen LogP contribution in [0.2, 0.25) is 0 Å². The quantitative estimate of drug-likeness (QED) is 0.202. The molecule has 1 aromatic heterocycles. The second-order valence-corrected chi connectivity index (χ2v) is 9.36. The lowest BCUT2D eigenvalue weighted by Crippen LogP contribution is -2.32. The molecule has 0 saturated carbocycles. The Morgan fingerprint density at radius 1 is 1.00 bits per heavy atom. The zero-order chi connectivity index (χ0) is 27.7. The maximum Gasteiger partial charge on any atom is 0.283 e. The van der Waals surface area contributed by atoms with E-state index in [0.29, 0.717) is 27.6 Å². The fraction of sp³-hybridized carbons (Fsp3) is 0. The van der Waals surface area contributed by atoms with Crippen LogP contribution in [0, 0.1) is 11.0 Å². The molecule has 0 spiro atoms. The molecule has 39 heavy (non-hydrogen) atoms. The number of nitrogens with zero attached hydrogens (tertiary/aromatic N) is 3. The molecule has 5 rings (SSSR count). The number of hydrogen-bond donors (Lipinski definition) is 3. The smallest absolute Gasteiger partial charge is 0.283 e. The summed E-state index contributed by atoms with van der Waals surface area (Å²) < 4.78 is 13.2. The lowest BCUT2D eigenvalue weighted by atomic mass is 10.1. The monoisotopic (exact) mass is 564 g/mol. The summed E-state index contributed by atoms with van der Waals surface area (Å²) in [6, 6.07) is 17.1. The minimum Gasteiger partial charge on any atom is -0.733 e. The van der Waals surface area contributed by atoms with Crippen molar-refractivity contribution in [2.24, 2.45) is 0 Å². The number of amides is 3. The number of benzene rings is 3. The molecule has 2 heterocycles. The fourth-order valence-corrected chi connectivity index (χ4v) is 4.61. The molecule has 196 valence electrons. The Kier molecular flexibility index (Phi) is 7.09. The first kappa shape index (κ1) is 26.0. The van der Waals surface area contributed by atoms with Gasteiger partial charge in [0.2, 0.25) is 0 Å². The van der Waals surface area contributed by atoms with Crippen LogP contribution >= 0.6 is 22.9 Å². The molecule has 4 aromatic rings. The van der Waals surface area contributed by atoms with Gasteiger partial charge in [-0.1, -0.05) is 23.7 Å². The average molecular weight is 565 g/mol. The molecule has 3 N–H and O–H groups in total. The first-order valence-electron chi connectivity index (χ1n) is 11.2. The molecular weight excluding hydrogens is 549 g/mol. The van der Waals surface area contributed by atoms with Gasteiger partial charge in [0.25, 0.3) is 17.7 Å². The van der Waals surface area contributed by atoms with Crippen molar-refractivity contribution in [1.29, 1.82) is 0 Å². The van der Waals surface area contributed by atoms with Gasteiger partial charge in [0, 0.05) is 22.2 Å². The van der Waals surface area contributed by atoms with E-state index in [4.69, 9.17) is 16.8 Å². The number of imide groups is 1. The van der Waals surface area contributed by atoms with Crippen LogP contribution in [0.4, 0.5) is 26.6 Å². The lowest BCUT2D eigenvalue weighted by Gasteiger charge is -2.21. The number of nitrogens with one attached hydrogen (secondary N) is 2. The van der Waals surface area contributed by atoms with Crippen molar-refractivity contribution in [3.8, 4) is 11.3 Å². The van der Waals surface area contributed by atoms with Crippen LogP contribution in [0.5, 0.6) is 0 Å². The summed E-state index contributed by atoms with van der Waals surface area (Å²) in [7, 11) is 0. The topological polar surface area (TPSA) is 138 Å². The van der Waals surface area contributed by atoms with Crippen LogP contribution in [0.25, 0.3) is 11.3 Å². The molecule has 1 aliphatic heterocycles. The molecule has 3 aromatic carbocycles. The first-order valence-corrected chi connectivity index (χ1v) is 12.4. The van der Waals surface area contributed by atoms with E-state index in [0.717, 1.165) is 17.0 Å². The number of thiazole rings is 1. The molecular formula is C26H16ClFN5O5S-. The number of carbonyl (C=O) groups is 3. The van der Waals surface area contributed by atoms with E-state index in [9.17, 15) is 24.0 Å². The zero-order valence-electron chi connectivity index (χ0n) is 19.6. The maximum absolute atomic E-state index is 13.2. The second kappa shape index (κ2) is 10.6. The summed E-state index contributed by atoms with van der Waals surface area (Å²) in [6.07, 6.45) is 0. The highest BCUT2D eigenvalue weighted by atomic mass is 35.5. The maximum atomic E-state index is 13.2. The molecule has 1 aliphatic rings. The van der Waals surface area contributed by atoms with Gasteiger partial charge in [0.05, 0.1) is 17.1 Å². The van der Waals surface area contributed by atoms with E-state index < -0.39 is 23.5 Å². The summed E-state index contributed by atoms with van der Waals surface area (Å²) in [5.41, 5.74) is 2.09. The lowest BCUT2D eigenvalue weighted by molar-refractivity contribution is -0.120. The van der Waals surface area contributed by atoms with Gasteiger partial charge in [-0.15, -0.1) is 11.3 Å². The van der Waals surface area contributed by atoms with Crippen molar-refractivity contribution in [2.45, 2.75) is 0 Å². The summed E-state index contributed by atoms with van der Waals surface area (Å²) in [5, 5.41) is 26.9. The molecule has 13 heteroatoms. The van der Waals surface area contributed by atoms with Crippen molar-refractivity contribution in [1.82, 2.24) is 4.98 Å². The predicted octanol–water partition coefficient (Wildman–Crippen LogP) is 5.33. The molecule has 0 aliphatic carbocycles. The van der Waals surface area contributed by atoms with E-state index in [1.807, 2.05) is 0 Å². The molecule has 0 unspecified atom stereocenters. The van der Waals surface area contributed by atoms with Gasteiger partial charge in [0.15, 0.2) is 5.13 Å². The molecule has 0 atom stereocenters. The molecule has 0 radical (unpaired) electrons. The van der Waals surface area contributed by atoms with E-state index in [2.05, 4.69) is 15.6 Å². The zero-order valence-corrected chi connectivity index (χ0v) is 21.2. The Labute approximate surface area is 229 Å². The highest BCUT2D eigenvalue weighted by molar-refractivity contribution is 7.14. The minimum atomic E-state index is -0.744. The van der Waals surface area contributed by atoms with Crippen molar-refractivity contribution >= 4 is 62.9 Å². The number of rotatable bonds is 7. The summed E-state index contributed by atoms with van der Waals surface area (Å²) >= 11 is 7.33. The van der Waals surface area contributed by atoms with Crippen molar-refractivity contribution in [2.75, 3.05) is 20.8 Å². The van der Waals surface area contributed by atoms with E-state index in [1.54, 1.807) is 29.6 Å². The standard InChI is InChI=1S/C26H16ClFN5O5S/c27-21-22(25(36)32(24(21)35)18-11-5-16(28)6-12-18)29-17-7-1-15(2-8-17)23(34)31-26-30-20(13-39-26)14-3-9-19(10-4-14)33(37)38/h1-13,29,37H,(H,30,31,34)/q-1. The summed E-state index contributed by atoms with van der Waals surface area (Å²) in [4.78, 5) is 43.3. The van der Waals surface area contributed by atoms with Crippen molar-refractivity contribution in [3.63, 3.8) is 0 Å². The summed E-state index contributed by atoms with van der Waals surface area (Å²) in [5.74, 6) is -2.38. The third kappa shape index (κ3) is 5.35. The molecule has 0 bridgehead atoms. The number of anilines is 4. The Morgan fingerprint density at radius 2 is 1.67 bits per heavy atom. The highest BCUT2D eigenvalue weighted by Gasteiger charge is 2.39. The Bertz CT molecular complexity index is 1610. The molecule has 0 saturated heterocycles. The molecule has 3 amide bonds. The van der Waals surface area contributed by atoms with Crippen molar-refractivity contribution < 1.29 is 24.0 Å². The highest BCUT2D eigenvalue weighted by Crippen LogP contribution is 2.31. The van der Waals surface area contributed by atoms with Gasteiger partial charge in [-0.3, -0.25) is 24.9 Å². The van der Waals surface area contributed by atoms with Crippen LogP contribution in [0.3, 0.4) is 0 Å². The Balaban J connectivity index is 1.24. The fourth-order valence-electron chi connectivity index (χ4n) is 3.68. The van der Waals surface area contributed by atoms with E-state index in [1.165, 1.54) is 47.7 Å². The van der Waals surface area contributed by atoms with E-state index in [-0.39, 0.29) is 27.3 Å². The van der Waals surface area contributed by atoms with Gasteiger partial charge >= 0.3 is 0 Å². The summed E-state index contributed by atoms with van der Waals surface area (Å²) in [6.45, 7) is 0. The van der Waals surface area contributed by atoms with Crippen LogP contribution in [0.1, 0.15) is 10.4 Å². The van der Waals surface area contributed by atoms with Crippen LogP contribution < -0.4 is 20.8 Å². The second-order valence-electron chi connectivity index (χ2n) is 8.13. The Hall–Kier alpha value is -4.62. The average Bonchev–Trinajstić information content (AvgIpc) is 3.48. The van der Waals surface area contributed by atoms with Gasteiger partial charge in [-0.25, -0.2) is 14.3 Å². The van der Waals surface area contributed by atoms with Crippen LogP contribution in [-0.2, 0) is 9.59 Å². The predicted molar refractivity (Wildman–Crippen MR) is 145 cm³/mol. The normalized spacial score (nSPS) is 13.2. The SMILES string of the molecule is O=C(Nc1nc(-c2ccc(N([O-])O)cc2)cs1)c1ccc(NC2=C(Cl)C(=O)N(c3ccc(F)cc3)C2=O)cc1. The first-order chi connectivity index (χ1) is 18.7. The van der Waals surface area contributed by atoms with Gasteiger partial charge < -0.3 is 15.8 Å². The Morgan fingerprint density at radius 3 is 2.31 bits per heavy atom. The van der Waals surface area contributed by atoms with Gasteiger partial charge in [-0.2, -0.15) is 0 Å². The number of hydrogen-bond acceptors (Lipinski definition) is 9. The third-order valence-electron chi connectivity index (χ3n) is 5.64. The third-order valence-corrected chi connectivity index (χ3v) is 6.75. The number of halogens is 2. The van der Waals surface area contributed by atoms with Crippen LogP contribution in [0.15, 0.2) is 88.9 Å². The minimum absolute atomic E-state index is 0.0769. The number of aromatic nitrogens is 1. The molecule has 0 fully saturated rings. The van der Waals surface area contributed by atoms with Crippen molar-refractivity contribution in [3.05, 3.63) is 105 Å². The molecule has 10 nitrogen and oxygen atoms in total. The largest absolute Gasteiger partial charge is 0.733 e. The van der Waals surface area contributed by atoms with Gasteiger partial charge in [0.1, 0.15) is 16.5 Å². The number of carbonyl (C=O) groups excluding carboxylic acids is 3. The van der Waals surface area contributed by atoms with E-state index >= 15 is 0 Å². The van der Waals surface area contributed by atoms with Gasteiger partial charge in [-0.05, 0) is 60.7 Å².